The van der Waals surface area contributed by atoms with Crippen molar-refractivity contribution >= 4 is 17.5 Å². The number of amides is 2. The molecule has 2 amide bonds. The Hall–Kier alpha value is -1.88. The molecular weight excluding hydrogens is 266 g/mol. The molecule has 1 saturated heterocycles. The molecule has 1 heterocycles. The molecule has 1 aliphatic heterocycles. The Kier molecular flexibility index (Phi) is 5.75. The van der Waals surface area contributed by atoms with Crippen LogP contribution < -0.4 is 11.1 Å². The Morgan fingerprint density at radius 2 is 1.95 bits per heavy atom. The van der Waals surface area contributed by atoms with Gasteiger partial charge in [-0.05, 0) is 30.5 Å². The fraction of sp³-hybridized carbons (Fsp3) is 0.500. The quantitative estimate of drug-likeness (QED) is 0.869. The van der Waals surface area contributed by atoms with Gasteiger partial charge in [0.1, 0.15) is 0 Å². The summed E-state index contributed by atoms with van der Waals surface area (Å²) in [5.74, 6) is 0.111. The van der Waals surface area contributed by atoms with E-state index in [0.717, 1.165) is 37.1 Å². The molecule has 0 unspecified atom stereocenters. The summed E-state index contributed by atoms with van der Waals surface area (Å²) >= 11 is 0. The summed E-state index contributed by atoms with van der Waals surface area (Å²) in [4.78, 5) is 25.6. The third-order valence-corrected chi connectivity index (χ3v) is 3.75. The lowest BCUT2D eigenvalue weighted by molar-refractivity contribution is -0.131. The zero-order valence-electron chi connectivity index (χ0n) is 12.3. The SMILES string of the molecule is NCc1ccc(NC(=O)CCN2CCCCCC2=O)cc1. The highest BCUT2D eigenvalue weighted by Gasteiger charge is 2.17. The number of carbonyl (C=O) groups excluding carboxylic acids is 2. The molecule has 0 atom stereocenters. The normalized spacial score (nSPS) is 15.7. The maximum atomic E-state index is 11.9. The lowest BCUT2D eigenvalue weighted by Crippen LogP contribution is -2.33. The molecule has 1 fully saturated rings. The van der Waals surface area contributed by atoms with E-state index in [1.54, 1.807) is 0 Å². The first-order valence-electron chi connectivity index (χ1n) is 7.55. The predicted molar refractivity (Wildman–Crippen MR) is 82.6 cm³/mol. The lowest BCUT2D eigenvalue weighted by atomic mass is 10.2. The average molecular weight is 289 g/mol. The fourth-order valence-corrected chi connectivity index (χ4v) is 2.46. The Balaban J connectivity index is 1.79. The number of hydrogen-bond donors (Lipinski definition) is 2. The molecule has 0 radical (unpaired) electrons. The highest BCUT2D eigenvalue weighted by atomic mass is 16.2. The third-order valence-electron chi connectivity index (χ3n) is 3.75. The van der Waals surface area contributed by atoms with Crippen LogP contribution in [0.3, 0.4) is 0 Å². The fourth-order valence-electron chi connectivity index (χ4n) is 2.46. The molecule has 2 rings (SSSR count). The van der Waals surface area contributed by atoms with Crippen molar-refractivity contribution in [3.8, 4) is 0 Å². The molecule has 0 saturated carbocycles. The third kappa shape index (κ3) is 4.86. The van der Waals surface area contributed by atoms with Crippen molar-refractivity contribution in [3.63, 3.8) is 0 Å². The Morgan fingerprint density at radius 1 is 1.19 bits per heavy atom. The molecule has 21 heavy (non-hydrogen) atoms. The van der Waals surface area contributed by atoms with E-state index in [1.165, 1.54) is 0 Å². The van der Waals surface area contributed by atoms with Crippen LogP contribution in [0.4, 0.5) is 5.69 Å². The van der Waals surface area contributed by atoms with E-state index in [0.29, 0.717) is 25.9 Å². The van der Waals surface area contributed by atoms with Gasteiger partial charge in [-0.25, -0.2) is 0 Å². The van der Waals surface area contributed by atoms with Gasteiger partial charge in [0.15, 0.2) is 0 Å². The van der Waals surface area contributed by atoms with E-state index in [4.69, 9.17) is 5.73 Å². The van der Waals surface area contributed by atoms with Crippen LogP contribution in [-0.4, -0.2) is 29.8 Å². The monoisotopic (exact) mass is 289 g/mol. The molecule has 0 aliphatic carbocycles. The largest absolute Gasteiger partial charge is 0.342 e. The lowest BCUT2D eigenvalue weighted by Gasteiger charge is -2.20. The molecule has 0 aromatic heterocycles. The standard InChI is InChI=1S/C16H23N3O2/c17-12-13-5-7-14(8-6-13)18-15(20)9-11-19-10-3-1-2-4-16(19)21/h5-8H,1-4,9-12,17H2,(H,18,20). The minimum absolute atomic E-state index is 0.0625. The summed E-state index contributed by atoms with van der Waals surface area (Å²) in [7, 11) is 0. The molecule has 1 aromatic carbocycles. The van der Waals surface area contributed by atoms with Crippen molar-refractivity contribution in [3.05, 3.63) is 29.8 Å². The van der Waals surface area contributed by atoms with Crippen LogP contribution in [0.2, 0.25) is 0 Å². The smallest absolute Gasteiger partial charge is 0.226 e. The maximum Gasteiger partial charge on any atom is 0.226 e. The van der Waals surface area contributed by atoms with Crippen LogP contribution in [0.5, 0.6) is 0 Å². The van der Waals surface area contributed by atoms with Gasteiger partial charge in [-0.2, -0.15) is 0 Å². The molecule has 5 heteroatoms. The zero-order valence-corrected chi connectivity index (χ0v) is 12.3. The number of likely N-dealkylation sites (tertiary alicyclic amines) is 1. The maximum absolute atomic E-state index is 11.9. The van der Waals surface area contributed by atoms with E-state index in [-0.39, 0.29) is 11.8 Å². The van der Waals surface area contributed by atoms with Crippen LogP contribution in [0, 0.1) is 0 Å². The highest BCUT2D eigenvalue weighted by molar-refractivity contribution is 5.91. The second-order valence-corrected chi connectivity index (χ2v) is 5.39. The van der Waals surface area contributed by atoms with Crippen molar-refractivity contribution in [1.29, 1.82) is 0 Å². The second kappa shape index (κ2) is 7.78. The van der Waals surface area contributed by atoms with Gasteiger partial charge < -0.3 is 16.0 Å². The van der Waals surface area contributed by atoms with Gasteiger partial charge in [0.05, 0.1) is 0 Å². The molecule has 5 nitrogen and oxygen atoms in total. The molecular formula is C16H23N3O2. The minimum Gasteiger partial charge on any atom is -0.342 e. The summed E-state index contributed by atoms with van der Waals surface area (Å²) in [6, 6.07) is 7.48. The number of anilines is 1. The Labute approximate surface area is 125 Å². The Morgan fingerprint density at radius 3 is 2.67 bits per heavy atom. The molecule has 1 aliphatic rings. The van der Waals surface area contributed by atoms with E-state index in [1.807, 2.05) is 29.2 Å². The number of rotatable bonds is 5. The highest BCUT2D eigenvalue weighted by Crippen LogP contribution is 2.12. The zero-order chi connectivity index (χ0) is 15.1. The van der Waals surface area contributed by atoms with Gasteiger partial charge in [-0.3, -0.25) is 9.59 Å². The van der Waals surface area contributed by atoms with Crippen molar-refractivity contribution in [1.82, 2.24) is 4.90 Å². The molecule has 3 N–H and O–H groups in total. The van der Waals surface area contributed by atoms with Gasteiger partial charge in [0.25, 0.3) is 0 Å². The van der Waals surface area contributed by atoms with Crippen molar-refractivity contribution in [2.45, 2.75) is 38.6 Å². The van der Waals surface area contributed by atoms with Crippen LogP contribution in [0.15, 0.2) is 24.3 Å². The number of nitrogens with two attached hydrogens (primary N) is 1. The summed E-state index contributed by atoms with van der Waals surface area (Å²) < 4.78 is 0. The average Bonchev–Trinajstić information content (AvgIpc) is 2.70. The number of nitrogens with zero attached hydrogens (tertiary/aromatic N) is 1. The summed E-state index contributed by atoms with van der Waals surface area (Å²) in [5.41, 5.74) is 7.33. The summed E-state index contributed by atoms with van der Waals surface area (Å²) in [6.45, 7) is 1.77. The number of nitrogens with one attached hydrogen (secondary N) is 1. The first kappa shape index (κ1) is 15.5. The van der Waals surface area contributed by atoms with Gasteiger partial charge in [-0.1, -0.05) is 18.6 Å². The second-order valence-electron chi connectivity index (χ2n) is 5.39. The van der Waals surface area contributed by atoms with Crippen molar-refractivity contribution < 1.29 is 9.59 Å². The van der Waals surface area contributed by atoms with Gasteiger partial charge in [0, 0.05) is 38.2 Å². The molecule has 1 aromatic rings. The first-order chi connectivity index (χ1) is 10.2. The minimum atomic E-state index is -0.0625. The molecule has 0 spiro atoms. The van der Waals surface area contributed by atoms with Gasteiger partial charge in [0.2, 0.25) is 11.8 Å². The molecule has 0 bridgehead atoms. The van der Waals surface area contributed by atoms with E-state index >= 15 is 0 Å². The van der Waals surface area contributed by atoms with Crippen LogP contribution >= 0.6 is 0 Å². The van der Waals surface area contributed by atoms with Crippen molar-refractivity contribution in [2.75, 3.05) is 18.4 Å². The summed E-state index contributed by atoms with van der Waals surface area (Å²) in [6.07, 6.45) is 4.05. The predicted octanol–water partition coefficient (Wildman–Crippen LogP) is 1.88. The summed E-state index contributed by atoms with van der Waals surface area (Å²) in [5, 5.41) is 2.85. The van der Waals surface area contributed by atoms with Crippen LogP contribution in [0.1, 0.15) is 37.7 Å². The Bertz CT molecular complexity index is 485. The van der Waals surface area contributed by atoms with E-state index < -0.39 is 0 Å². The van der Waals surface area contributed by atoms with Crippen LogP contribution in [0.25, 0.3) is 0 Å². The van der Waals surface area contributed by atoms with Gasteiger partial charge >= 0.3 is 0 Å². The van der Waals surface area contributed by atoms with E-state index in [2.05, 4.69) is 5.32 Å². The number of benzene rings is 1. The first-order valence-corrected chi connectivity index (χ1v) is 7.55. The van der Waals surface area contributed by atoms with E-state index in [9.17, 15) is 9.59 Å². The van der Waals surface area contributed by atoms with Crippen molar-refractivity contribution in [2.24, 2.45) is 5.73 Å². The van der Waals surface area contributed by atoms with Gasteiger partial charge in [-0.15, -0.1) is 0 Å². The molecule has 114 valence electrons. The van der Waals surface area contributed by atoms with Crippen LogP contribution in [-0.2, 0) is 16.1 Å². The topological polar surface area (TPSA) is 75.4 Å². The number of carbonyl (C=O) groups is 2. The number of hydrogen-bond acceptors (Lipinski definition) is 3.